The van der Waals surface area contributed by atoms with Crippen molar-refractivity contribution >= 4 is 11.8 Å². The van der Waals surface area contributed by atoms with Crippen molar-refractivity contribution in [3.05, 3.63) is 59.8 Å². The van der Waals surface area contributed by atoms with Crippen LogP contribution in [0.25, 0.3) is 0 Å². The van der Waals surface area contributed by atoms with Gasteiger partial charge in [-0.2, -0.15) is 0 Å². The molecule has 1 N–H and O–H groups in total. The standard InChI is InChI=1S/C19H22FN3O3/c20-16-5-2-1-4-15(16)14-21-8-7-18(24)22-9-11-23(12-10-22)19(25)17-6-3-13-26-17/h1-6,13,21H,7-12,14H2. The Labute approximate surface area is 151 Å². The number of benzene rings is 1. The van der Waals surface area contributed by atoms with Crippen molar-refractivity contribution in [2.45, 2.75) is 13.0 Å². The van der Waals surface area contributed by atoms with Gasteiger partial charge in [0.2, 0.25) is 5.91 Å². The highest BCUT2D eigenvalue weighted by Crippen LogP contribution is 2.10. The third-order valence-electron chi connectivity index (χ3n) is 4.44. The largest absolute Gasteiger partial charge is 0.459 e. The Hall–Kier alpha value is -2.67. The summed E-state index contributed by atoms with van der Waals surface area (Å²) in [5.41, 5.74) is 0.588. The van der Waals surface area contributed by atoms with Gasteiger partial charge in [-0.3, -0.25) is 9.59 Å². The number of carbonyl (C=O) groups is 2. The average Bonchev–Trinajstić information content (AvgIpc) is 3.20. The van der Waals surface area contributed by atoms with Crippen molar-refractivity contribution in [1.29, 1.82) is 0 Å². The third-order valence-corrected chi connectivity index (χ3v) is 4.44. The number of piperazine rings is 1. The van der Waals surface area contributed by atoms with E-state index >= 15 is 0 Å². The second kappa shape index (κ2) is 8.62. The minimum Gasteiger partial charge on any atom is -0.459 e. The first-order valence-corrected chi connectivity index (χ1v) is 8.70. The zero-order valence-corrected chi connectivity index (χ0v) is 14.5. The van der Waals surface area contributed by atoms with E-state index in [1.165, 1.54) is 12.3 Å². The van der Waals surface area contributed by atoms with Crippen LogP contribution in [0.4, 0.5) is 4.39 Å². The molecule has 2 amide bonds. The molecule has 0 saturated carbocycles. The normalized spacial score (nSPS) is 14.5. The van der Waals surface area contributed by atoms with Crippen LogP contribution in [0.1, 0.15) is 22.5 Å². The molecule has 0 atom stereocenters. The Morgan fingerprint density at radius 1 is 1.04 bits per heavy atom. The first-order valence-electron chi connectivity index (χ1n) is 8.70. The minimum absolute atomic E-state index is 0.0381. The molecule has 1 aliphatic heterocycles. The van der Waals surface area contributed by atoms with Crippen molar-refractivity contribution in [2.24, 2.45) is 0 Å². The molecule has 7 heteroatoms. The van der Waals surface area contributed by atoms with Crippen molar-refractivity contribution in [3.8, 4) is 0 Å². The lowest BCUT2D eigenvalue weighted by molar-refractivity contribution is -0.132. The van der Waals surface area contributed by atoms with Gasteiger partial charge in [0.1, 0.15) is 5.82 Å². The molecule has 26 heavy (non-hydrogen) atoms. The van der Waals surface area contributed by atoms with Crippen molar-refractivity contribution in [1.82, 2.24) is 15.1 Å². The zero-order valence-electron chi connectivity index (χ0n) is 14.5. The number of furan rings is 1. The molecule has 0 spiro atoms. The lowest BCUT2D eigenvalue weighted by Gasteiger charge is -2.34. The Kier molecular flexibility index (Phi) is 6.01. The summed E-state index contributed by atoms with van der Waals surface area (Å²) in [7, 11) is 0. The summed E-state index contributed by atoms with van der Waals surface area (Å²) in [6, 6.07) is 9.90. The van der Waals surface area contributed by atoms with Crippen LogP contribution in [-0.2, 0) is 11.3 Å². The van der Waals surface area contributed by atoms with Crippen LogP contribution in [-0.4, -0.2) is 54.3 Å². The van der Waals surface area contributed by atoms with Gasteiger partial charge in [-0.1, -0.05) is 18.2 Å². The number of hydrogen-bond donors (Lipinski definition) is 1. The fourth-order valence-electron chi connectivity index (χ4n) is 2.93. The molecule has 1 aliphatic rings. The maximum atomic E-state index is 13.5. The summed E-state index contributed by atoms with van der Waals surface area (Å²) in [4.78, 5) is 27.9. The van der Waals surface area contributed by atoms with Crippen LogP contribution in [0, 0.1) is 5.82 Å². The lowest BCUT2D eigenvalue weighted by atomic mass is 10.2. The third kappa shape index (κ3) is 4.49. The smallest absolute Gasteiger partial charge is 0.289 e. The van der Waals surface area contributed by atoms with Crippen LogP contribution >= 0.6 is 0 Å². The summed E-state index contributed by atoms with van der Waals surface area (Å²) < 4.78 is 18.6. The maximum Gasteiger partial charge on any atom is 0.289 e. The van der Waals surface area contributed by atoms with Crippen LogP contribution in [0.2, 0.25) is 0 Å². The number of nitrogens with zero attached hydrogens (tertiary/aromatic N) is 2. The molecule has 2 heterocycles. The Balaban J connectivity index is 1.37. The van der Waals surface area contributed by atoms with Gasteiger partial charge in [-0.25, -0.2) is 4.39 Å². The van der Waals surface area contributed by atoms with E-state index in [0.29, 0.717) is 57.0 Å². The van der Waals surface area contributed by atoms with E-state index in [0.717, 1.165) is 0 Å². The minimum atomic E-state index is -0.247. The highest BCUT2D eigenvalue weighted by atomic mass is 19.1. The van der Waals surface area contributed by atoms with E-state index in [2.05, 4.69) is 5.32 Å². The predicted octanol–water partition coefficient (Wildman–Crippen LogP) is 1.88. The van der Waals surface area contributed by atoms with E-state index in [1.54, 1.807) is 40.1 Å². The molecule has 3 rings (SSSR count). The van der Waals surface area contributed by atoms with Gasteiger partial charge >= 0.3 is 0 Å². The van der Waals surface area contributed by atoms with Crippen LogP contribution < -0.4 is 5.32 Å². The molecule has 1 aromatic carbocycles. The first kappa shape index (κ1) is 18.1. The zero-order chi connectivity index (χ0) is 18.4. The molecule has 0 aliphatic carbocycles. The van der Waals surface area contributed by atoms with Gasteiger partial charge in [0.25, 0.3) is 5.91 Å². The maximum absolute atomic E-state index is 13.5. The Bertz CT molecular complexity index is 740. The van der Waals surface area contributed by atoms with E-state index in [1.807, 2.05) is 0 Å². The predicted molar refractivity (Wildman–Crippen MR) is 93.9 cm³/mol. The molecular formula is C19H22FN3O3. The monoisotopic (exact) mass is 359 g/mol. The molecule has 2 aromatic rings. The molecule has 1 saturated heterocycles. The van der Waals surface area contributed by atoms with Gasteiger partial charge < -0.3 is 19.5 Å². The first-order chi connectivity index (χ1) is 12.6. The van der Waals surface area contributed by atoms with Gasteiger partial charge in [-0.15, -0.1) is 0 Å². The number of nitrogens with one attached hydrogen (secondary N) is 1. The topological polar surface area (TPSA) is 65.8 Å². The Morgan fingerprint density at radius 3 is 2.46 bits per heavy atom. The van der Waals surface area contributed by atoms with Crippen molar-refractivity contribution < 1.29 is 18.4 Å². The van der Waals surface area contributed by atoms with Gasteiger partial charge in [0.05, 0.1) is 6.26 Å². The highest BCUT2D eigenvalue weighted by molar-refractivity contribution is 5.91. The number of rotatable bonds is 6. The summed E-state index contributed by atoms with van der Waals surface area (Å²) >= 11 is 0. The molecular weight excluding hydrogens is 337 g/mol. The molecule has 0 unspecified atom stereocenters. The second-order valence-corrected chi connectivity index (χ2v) is 6.17. The average molecular weight is 359 g/mol. The lowest BCUT2D eigenvalue weighted by Crippen LogP contribution is -2.50. The Morgan fingerprint density at radius 2 is 1.77 bits per heavy atom. The highest BCUT2D eigenvalue weighted by Gasteiger charge is 2.25. The van der Waals surface area contributed by atoms with E-state index in [-0.39, 0.29) is 17.6 Å². The van der Waals surface area contributed by atoms with Crippen molar-refractivity contribution in [3.63, 3.8) is 0 Å². The number of amides is 2. The molecule has 0 radical (unpaired) electrons. The van der Waals surface area contributed by atoms with Crippen LogP contribution in [0.15, 0.2) is 47.1 Å². The summed E-state index contributed by atoms with van der Waals surface area (Å²) in [6.45, 7) is 2.89. The molecule has 138 valence electrons. The van der Waals surface area contributed by atoms with Crippen molar-refractivity contribution in [2.75, 3.05) is 32.7 Å². The van der Waals surface area contributed by atoms with Gasteiger partial charge in [0, 0.05) is 51.3 Å². The molecule has 1 fully saturated rings. The summed E-state index contributed by atoms with van der Waals surface area (Å²) in [5.74, 6) is -0.0319. The van der Waals surface area contributed by atoms with E-state index in [4.69, 9.17) is 4.42 Å². The number of carbonyl (C=O) groups excluding carboxylic acids is 2. The quantitative estimate of drug-likeness (QED) is 0.800. The fourth-order valence-corrected chi connectivity index (χ4v) is 2.93. The summed E-state index contributed by atoms with van der Waals surface area (Å²) in [6.07, 6.45) is 1.82. The second-order valence-electron chi connectivity index (χ2n) is 6.17. The molecule has 0 bridgehead atoms. The number of halogens is 1. The SMILES string of the molecule is O=C(CCNCc1ccccc1F)N1CCN(C(=O)c2ccco2)CC1. The summed E-state index contributed by atoms with van der Waals surface area (Å²) in [5, 5.41) is 3.09. The fraction of sp³-hybridized carbons (Fsp3) is 0.368. The van der Waals surface area contributed by atoms with Gasteiger partial charge in [-0.05, 0) is 18.2 Å². The number of hydrogen-bond acceptors (Lipinski definition) is 4. The van der Waals surface area contributed by atoms with Gasteiger partial charge in [0.15, 0.2) is 5.76 Å². The molecule has 1 aromatic heterocycles. The molecule has 6 nitrogen and oxygen atoms in total. The van der Waals surface area contributed by atoms with Crippen LogP contribution in [0.5, 0.6) is 0 Å². The van der Waals surface area contributed by atoms with Crippen LogP contribution in [0.3, 0.4) is 0 Å². The van der Waals surface area contributed by atoms with E-state index < -0.39 is 0 Å². The van der Waals surface area contributed by atoms with E-state index in [9.17, 15) is 14.0 Å².